The van der Waals surface area contributed by atoms with E-state index in [-0.39, 0.29) is 12.5 Å². The quantitative estimate of drug-likeness (QED) is 0.585. The van der Waals surface area contributed by atoms with Crippen LogP contribution in [-0.4, -0.2) is 57.6 Å². The number of methoxy groups -OCH3 is 1. The van der Waals surface area contributed by atoms with Crippen molar-refractivity contribution in [2.75, 3.05) is 46.2 Å². The Morgan fingerprint density at radius 2 is 2.05 bits per heavy atom. The van der Waals surface area contributed by atoms with Gasteiger partial charge in [0.1, 0.15) is 0 Å². The average molecular weight is 314 g/mol. The van der Waals surface area contributed by atoms with E-state index in [9.17, 15) is 9.59 Å². The summed E-state index contributed by atoms with van der Waals surface area (Å²) >= 11 is 6.00. The molecule has 0 fully saturated rings. The number of anilines is 1. The maximum absolute atomic E-state index is 11.8. The minimum Gasteiger partial charge on any atom is -0.465 e. The molecule has 0 unspecified atom stereocenters. The first-order valence-corrected chi connectivity index (χ1v) is 6.85. The summed E-state index contributed by atoms with van der Waals surface area (Å²) < 4.78 is 4.63. The molecule has 2 N–H and O–H groups in total. The van der Waals surface area contributed by atoms with E-state index in [0.29, 0.717) is 22.8 Å². The lowest BCUT2D eigenvalue weighted by Crippen LogP contribution is -2.33. The summed E-state index contributed by atoms with van der Waals surface area (Å²) in [5, 5.41) is 6.04. The van der Waals surface area contributed by atoms with Crippen molar-refractivity contribution in [2.24, 2.45) is 0 Å². The SMILES string of the molecule is COC(=O)c1ccc(Cl)c(NC(=O)CNCCN(C)C)c1. The molecule has 0 aliphatic rings. The highest BCUT2D eigenvalue weighted by atomic mass is 35.5. The van der Waals surface area contributed by atoms with Crippen molar-refractivity contribution in [3.05, 3.63) is 28.8 Å². The summed E-state index contributed by atoms with van der Waals surface area (Å²) in [5.74, 6) is -0.705. The van der Waals surface area contributed by atoms with E-state index in [1.54, 1.807) is 12.1 Å². The lowest BCUT2D eigenvalue weighted by atomic mass is 10.2. The summed E-state index contributed by atoms with van der Waals surface area (Å²) in [7, 11) is 5.21. The molecular formula is C14H20ClN3O3. The lowest BCUT2D eigenvalue weighted by molar-refractivity contribution is -0.115. The van der Waals surface area contributed by atoms with Gasteiger partial charge >= 0.3 is 5.97 Å². The van der Waals surface area contributed by atoms with Crippen LogP contribution in [0.2, 0.25) is 5.02 Å². The molecule has 0 aliphatic heterocycles. The maximum atomic E-state index is 11.8. The molecule has 0 heterocycles. The fraction of sp³-hybridized carbons (Fsp3) is 0.429. The predicted octanol–water partition coefficient (Wildman–Crippen LogP) is 1.22. The van der Waals surface area contributed by atoms with Gasteiger partial charge in [0, 0.05) is 13.1 Å². The number of nitrogens with zero attached hydrogens (tertiary/aromatic N) is 1. The van der Waals surface area contributed by atoms with E-state index in [4.69, 9.17) is 11.6 Å². The number of esters is 1. The molecule has 0 aromatic heterocycles. The molecule has 0 aliphatic carbocycles. The Hall–Kier alpha value is -1.63. The van der Waals surface area contributed by atoms with Gasteiger partial charge in [-0.2, -0.15) is 0 Å². The Morgan fingerprint density at radius 1 is 1.33 bits per heavy atom. The number of likely N-dealkylation sites (N-methyl/N-ethyl adjacent to an activating group) is 1. The van der Waals surface area contributed by atoms with Gasteiger partial charge in [0.15, 0.2) is 0 Å². The van der Waals surface area contributed by atoms with Crippen molar-refractivity contribution in [3.63, 3.8) is 0 Å². The average Bonchev–Trinajstić information content (AvgIpc) is 2.45. The van der Waals surface area contributed by atoms with Crippen LogP contribution in [-0.2, 0) is 9.53 Å². The van der Waals surface area contributed by atoms with Crippen molar-refractivity contribution < 1.29 is 14.3 Å². The Kier molecular flexibility index (Phi) is 7.14. The second kappa shape index (κ2) is 8.61. The number of halogens is 1. The summed E-state index contributed by atoms with van der Waals surface area (Å²) in [6, 6.07) is 4.58. The number of ether oxygens (including phenoxy) is 1. The predicted molar refractivity (Wildman–Crippen MR) is 82.8 cm³/mol. The number of carbonyl (C=O) groups excluding carboxylic acids is 2. The molecule has 0 atom stereocenters. The topological polar surface area (TPSA) is 70.7 Å². The molecule has 1 amide bonds. The molecule has 1 aromatic rings. The zero-order chi connectivity index (χ0) is 15.8. The minimum absolute atomic E-state index is 0.173. The number of carbonyl (C=O) groups is 2. The molecule has 0 radical (unpaired) electrons. The van der Waals surface area contributed by atoms with Crippen molar-refractivity contribution >= 4 is 29.2 Å². The first kappa shape index (κ1) is 17.4. The summed E-state index contributed by atoms with van der Waals surface area (Å²) in [5.41, 5.74) is 0.719. The number of amides is 1. The number of nitrogens with one attached hydrogen (secondary N) is 2. The van der Waals surface area contributed by atoms with Crippen LogP contribution in [0.4, 0.5) is 5.69 Å². The minimum atomic E-state index is -0.480. The first-order chi connectivity index (χ1) is 9.93. The van der Waals surface area contributed by atoms with Gasteiger partial charge in [0.05, 0.1) is 29.9 Å². The highest BCUT2D eigenvalue weighted by Gasteiger charge is 2.11. The van der Waals surface area contributed by atoms with Crippen molar-refractivity contribution in [2.45, 2.75) is 0 Å². The van der Waals surface area contributed by atoms with Crippen LogP contribution in [0.3, 0.4) is 0 Å². The second-order valence-electron chi connectivity index (χ2n) is 4.71. The van der Waals surface area contributed by atoms with Crippen molar-refractivity contribution in [1.82, 2.24) is 10.2 Å². The summed E-state index contributed by atoms with van der Waals surface area (Å²) in [4.78, 5) is 25.3. The normalized spacial score (nSPS) is 10.5. The summed E-state index contributed by atoms with van der Waals surface area (Å²) in [6.07, 6.45) is 0. The first-order valence-electron chi connectivity index (χ1n) is 6.47. The second-order valence-corrected chi connectivity index (χ2v) is 5.12. The van der Waals surface area contributed by atoms with Crippen molar-refractivity contribution in [3.8, 4) is 0 Å². The third-order valence-electron chi connectivity index (χ3n) is 2.68. The third-order valence-corrected chi connectivity index (χ3v) is 3.01. The zero-order valence-corrected chi connectivity index (χ0v) is 13.2. The molecule has 0 saturated heterocycles. The van der Waals surface area contributed by atoms with E-state index >= 15 is 0 Å². The van der Waals surface area contributed by atoms with Crippen LogP contribution in [0.25, 0.3) is 0 Å². The maximum Gasteiger partial charge on any atom is 0.337 e. The summed E-state index contributed by atoms with van der Waals surface area (Å²) in [6.45, 7) is 1.72. The van der Waals surface area contributed by atoms with E-state index in [1.807, 2.05) is 19.0 Å². The van der Waals surface area contributed by atoms with Crippen LogP contribution < -0.4 is 10.6 Å². The number of benzene rings is 1. The van der Waals surface area contributed by atoms with Gasteiger partial charge in [-0.1, -0.05) is 11.6 Å². The van der Waals surface area contributed by atoms with Crippen LogP contribution in [0, 0.1) is 0 Å². The van der Waals surface area contributed by atoms with Gasteiger partial charge in [-0.15, -0.1) is 0 Å². The Morgan fingerprint density at radius 3 is 2.67 bits per heavy atom. The van der Waals surface area contributed by atoms with Gasteiger partial charge in [-0.25, -0.2) is 4.79 Å². The molecular weight excluding hydrogens is 294 g/mol. The molecule has 6 nitrogen and oxygen atoms in total. The van der Waals surface area contributed by atoms with Gasteiger partial charge < -0.3 is 20.3 Å². The van der Waals surface area contributed by atoms with Gasteiger partial charge in [-0.3, -0.25) is 4.79 Å². The monoisotopic (exact) mass is 313 g/mol. The van der Waals surface area contributed by atoms with E-state index in [1.165, 1.54) is 13.2 Å². The van der Waals surface area contributed by atoms with Crippen LogP contribution in [0.15, 0.2) is 18.2 Å². The Bertz CT molecular complexity index is 506. The highest BCUT2D eigenvalue weighted by Crippen LogP contribution is 2.23. The molecule has 1 rings (SSSR count). The van der Waals surface area contributed by atoms with Gasteiger partial charge in [-0.05, 0) is 32.3 Å². The lowest BCUT2D eigenvalue weighted by Gasteiger charge is -2.11. The molecule has 1 aromatic carbocycles. The molecule has 0 bridgehead atoms. The third kappa shape index (κ3) is 6.12. The largest absolute Gasteiger partial charge is 0.465 e. The smallest absolute Gasteiger partial charge is 0.337 e. The van der Waals surface area contributed by atoms with Crippen LogP contribution in [0.1, 0.15) is 10.4 Å². The number of hydrogen-bond donors (Lipinski definition) is 2. The van der Waals surface area contributed by atoms with Gasteiger partial charge in [0.25, 0.3) is 0 Å². The molecule has 116 valence electrons. The number of rotatable bonds is 7. The van der Waals surface area contributed by atoms with E-state index < -0.39 is 5.97 Å². The Balaban J connectivity index is 2.57. The van der Waals surface area contributed by atoms with Crippen LogP contribution in [0.5, 0.6) is 0 Å². The molecule has 7 heteroatoms. The fourth-order valence-electron chi connectivity index (χ4n) is 1.56. The van der Waals surface area contributed by atoms with Crippen LogP contribution >= 0.6 is 11.6 Å². The zero-order valence-electron chi connectivity index (χ0n) is 12.4. The molecule has 21 heavy (non-hydrogen) atoms. The standard InChI is InChI=1S/C14H20ClN3O3/c1-18(2)7-6-16-9-13(19)17-12-8-10(14(20)21-3)4-5-11(12)15/h4-5,8,16H,6-7,9H2,1-3H3,(H,17,19). The Labute approximate surface area is 129 Å². The molecule has 0 spiro atoms. The molecule has 0 saturated carbocycles. The highest BCUT2D eigenvalue weighted by molar-refractivity contribution is 6.33. The number of hydrogen-bond acceptors (Lipinski definition) is 5. The fourth-order valence-corrected chi connectivity index (χ4v) is 1.73. The van der Waals surface area contributed by atoms with Gasteiger partial charge in [0.2, 0.25) is 5.91 Å². The van der Waals surface area contributed by atoms with E-state index in [2.05, 4.69) is 15.4 Å². The van der Waals surface area contributed by atoms with E-state index in [0.717, 1.165) is 6.54 Å². The van der Waals surface area contributed by atoms with Crippen molar-refractivity contribution in [1.29, 1.82) is 0 Å².